The quantitative estimate of drug-likeness (QED) is 0.678. The standard InChI is InChI=1S/C19H25N3O2S/c1-14(2)11-21-19(24)22-13-16-6-3-5-15(9-16)12-20-18(23)10-17-7-4-8-25-17/h3-9,14H,10-13H2,1-2H3,(H,20,23)(H2,21,22,24). The lowest BCUT2D eigenvalue weighted by molar-refractivity contribution is -0.120. The molecular weight excluding hydrogens is 334 g/mol. The topological polar surface area (TPSA) is 70.2 Å². The molecule has 3 amide bonds. The van der Waals surface area contributed by atoms with Gasteiger partial charge in [-0.3, -0.25) is 4.79 Å². The summed E-state index contributed by atoms with van der Waals surface area (Å²) in [6.07, 6.45) is 0.412. The molecule has 6 heteroatoms. The first-order valence-electron chi connectivity index (χ1n) is 8.41. The van der Waals surface area contributed by atoms with E-state index in [4.69, 9.17) is 0 Å². The predicted molar refractivity (Wildman–Crippen MR) is 101 cm³/mol. The Labute approximate surface area is 152 Å². The van der Waals surface area contributed by atoms with E-state index in [1.165, 1.54) is 0 Å². The first kappa shape index (κ1) is 19.0. The number of hydrogen-bond donors (Lipinski definition) is 3. The number of thiophene rings is 1. The number of carbonyl (C=O) groups excluding carboxylic acids is 2. The van der Waals surface area contributed by atoms with Crippen LogP contribution in [0.15, 0.2) is 41.8 Å². The maximum atomic E-state index is 11.9. The molecule has 0 aliphatic carbocycles. The van der Waals surface area contributed by atoms with Gasteiger partial charge in [0.05, 0.1) is 6.42 Å². The van der Waals surface area contributed by atoms with Gasteiger partial charge >= 0.3 is 6.03 Å². The van der Waals surface area contributed by atoms with Crippen molar-refractivity contribution in [1.29, 1.82) is 0 Å². The van der Waals surface area contributed by atoms with Crippen molar-refractivity contribution in [1.82, 2.24) is 16.0 Å². The van der Waals surface area contributed by atoms with Crippen LogP contribution in [0.2, 0.25) is 0 Å². The summed E-state index contributed by atoms with van der Waals surface area (Å²) in [7, 11) is 0. The van der Waals surface area contributed by atoms with Crippen molar-refractivity contribution in [2.24, 2.45) is 5.92 Å². The van der Waals surface area contributed by atoms with Gasteiger partial charge in [-0.2, -0.15) is 0 Å². The summed E-state index contributed by atoms with van der Waals surface area (Å²) in [6, 6.07) is 11.6. The zero-order valence-electron chi connectivity index (χ0n) is 14.7. The van der Waals surface area contributed by atoms with Crippen LogP contribution in [-0.2, 0) is 24.3 Å². The second-order valence-electron chi connectivity index (χ2n) is 6.31. The number of carbonyl (C=O) groups is 2. The summed E-state index contributed by atoms with van der Waals surface area (Å²) in [5, 5.41) is 10.6. The molecule has 1 heterocycles. The lowest BCUT2D eigenvalue weighted by atomic mass is 10.1. The Kier molecular flexibility index (Phi) is 7.47. The van der Waals surface area contributed by atoms with Gasteiger partial charge in [0.25, 0.3) is 0 Å². The monoisotopic (exact) mass is 359 g/mol. The van der Waals surface area contributed by atoms with E-state index in [0.29, 0.717) is 32.0 Å². The summed E-state index contributed by atoms with van der Waals surface area (Å²) in [4.78, 5) is 24.7. The van der Waals surface area contributed by atoms with Crippen molar-refractivity contribution in [3.63, 3.8) is 0 Å². The number of hydrogen-bond acceptors (Lipinski definition) is 3. The van der Waals surface area contributed by atoms with Crippen LogP contribution in [0.5, 0.6) is 0 Å². The summed E-state index contributed by atoms with van der Waals surface area (Å²) < 4.78 is 0. The molecular formula is C19H25N3O2S. The van der Waals surface area contributed by atoms with Crippen LogP contribution in [0.4, 0.5) is 4.79 Å². The fourth-order valence-corrected chi connectivity index (χ4v) is 2.93. The summed E-state index contributed by atoms with van der Waals surface area (Å²) in [6.45, 7) is 5.70. The van der Waals surface area contributed by atoms with Crippen molar-refractivity contribution >= 4 is 23.3 Å². The highest BCUT2D eigenvalue weighted by atomic mass is 32.1. The second kappa shape index (κ2) is 9.84. The molecule has 0 radical (unpaired) electrons. The van der Waals surface area contributed by atoms with E-state index < -0.39 is 0 Å². The van der Waals surface area contributed by atoms with Crippen molar-refractivity contribution in [3.05, 3.63) is 57.8 Å². The van der Waals surface area contributed by atoms with Gasteiger partial charge in [0.2, 0.25) is 5.91 Å². The maximum absolute atomic E-state index is 11.9. The Morgan fingerprint density at radius 1 is 1.00 bits per heavy atom. The molecule has 0 spiro atoms. The molecule has 0 aliphatic rings. The average molecular weight is 359 g/mol. The Bertz CT molecular complexity index is 684. The van der Waals surface area contributed by atoms with Crippen LogP contribution in [0.1, 0.15) is 29.9 Å². The first-order valence-corrected chi connectivity index (χ1v) is 9.29. The van der Waals surface area contributed by atoms with Gasteiger partial charge in [-0.05, 0) is 28.5 Å². The molecule has 0 aliphatic heterocycles. The van der Waals surface area contributed by atoms with E-state index in [2.05, 4.69) is 29.8 Å². The number of rotatable bonds is 8. The minimum absolute atomic E-state index is 0.0130. The van der Waals surface area contributed by atoms with Gasteiger partial charge in [0.15, 0.2) is 0 Å². The Hall–Kier alpha value is -2.34. The summed E-state index contributed by atoms with van der Waals surface area (Å²) in [5.41, 5.74) is 2.02. The van der Waals surface area contributed by atoms with Crippen molar-refractivity contribution in [2.75, 3.05) is 6.54 Å². The number of nitrogens with one attached hydrogen (secondary N) is 3. The fourth-order valence-electron chi connectivity index (χ4n) is 2.23. The lowest BCUT2D eigenvalue weighted by Crippen LogP contribution is -2.37. The minimum Gasteiger partial charge on any atom is -0.352 e. The predicted octanol–water partition coefficient (Wildman–Crippen LogP) is 3.06. The molecule has 1 aromatic carbocycles. The molecule has 134 valence electrons. The minimum atomic E-state index is -0.164. The van der Waals surface area contributed by atoms with E-state index in [1.54, 1.807) is 11.3 Å². The van der Waals surface area contributed by atoms with Gasteiger partial charge in [0.1, 0.15) is 0 Å². The fraction of sp³-hybridized carbons (Fsp3) is 0.368. The highest BCUT2D eigenvalue weighted by Gasteiger charge is 2.05. The first-order chi connectivity index (χ1) is 12.0. The van der Waals surface area contributed by atoms with Gasteiger partial charge in [-0.1, -0.05) is 44.2 Å². The van der Waals surface area contributed by atoms with Crippen LogP contribution in [0, 0.1) is 5.92 Å². The third-order valence-corrected chi connectivity index (χ3v) is 4.40. The average Bonchev–Trinajstić information content (AvgIpc) is 3.09. The largest absolute Gasteiger partial charge is 0.352 e. The molecule has 25 heavy (non-hydrogen) atoms. The van der Waals surface area contributed by atoms with Crippen LogP contribution >= 0.6 is 11.3 Å². The smallest absolute Gasteiger partial charge is 0.315 e. The zero-order chi connectivity index (χ0) is 18.1. The summed E-state index contributed by atoms with van der Waals surface area (Å²) in [5.74, 6) is 0.436. The molecule has 2 rings (SSSR count). The molecule has 0 fully saturated rings. The van der Waals surface area contributed by atoms with Gasteiger partial charge < -0.3 is 16.0 Å². The Morgan fingerprint density at radius 2 is 1.72 bits per heavy atom. The molecule has 0 unspecified atom stereocenters. The molecule has 0 saturated carbocycles. The van der Waals surface area contributed by atoms with Crippen molar-refractivity contribution < 1.29 is 9.59 Å². The third-order valence-electron chi connectivity index (χ3n) is 3.52. The second-order valence-corrected chi connectivity index (χ2v) is 7.34. The highest BCUT2D eigenvalue weighted by molar-refractivity contribution is 7.10. The molecule has 0 bridgehead atoms. The molecule has 0 atom stereocenters. The number of benzene rings is 1. The van der Waals surface area contributed by atoms with Crippen LogP contribution in [0.25, 0.3) is 0 Å². The summed E-state index contributed by atoms with van der Waals surface area (Å²) >= 11 is 1.58. The van der Waals surface area contributed by atoms with Gasteiger partial charge in [0, 0.05) is 24.5 Å². The van der Waals surface area contributed by atoms with Crippen molar-refractivity contribution in [2.45, 2.75) is 33.4 Å². The SMILES string of the molecule is CC(C)CNC(=O)NCc1cccc(CNC(=O)Cc2cccs2)c1. The van der Waals surface area contributed by atoms with Crippen LogP contribution in [-0.4, -0.2) is 18.5 Å². The Morgan fingerprint density at radius 3 is 2.36 bits per heavy atom. The van der Waals surface area contributed by atoms with E-state index in [-0.39, 0.29) is 11.9 Å². The third kappa shape index (κ3) is 7.39. The molecule has 2 aromatic rings. The number of amides is 3. The van der Waals surface area contributed by atoms with E-state index >= 15 is 0 Å². The number of urea groups is 1. The van der Waals surface area contributed by atoms with Gasteiger partial charge in [-0.25, -0.2) is 4.79 Å². The lowest BCUT2D eigenvalue weighted by Gasteiger charge is -2.10. The van der Waals surface area contributed by atoms with Crippen LogP contribution < -0.4 is 16.0 Å². The van der Waals surface area contributed by atoms with E-state index in [9.17, 15) is 9.59 Å². The molecule has 5 nitrogen and oxygen atoms in total. The van der Waals surface area contributed by atoms with Crippen LogP contribution in [0.3, 0.4) is 0 Å². The molecule has 0 saturated heterocycles. The maximum Gasteiger partial charge on any atom is 0.315 e. The van der Waals surface area contributed by atoms with E-state index in [1.807, 2.05) is 41.8 Å². The molecule has 1 aromatic heterocycles. The van der Waals surface area contributed by atoms with Crippen molar-refractivity contribution in [3.8, 4) is 0 Å². The van der Waals surface area contributed by atoms with E-state index in [0.717, 1.165) is 16.0 Å². The highest BCUT2D eigenvalue weighted by Crippen LogP contribution is 2.09. The van der Waals surface area contributed by atoms with Gasteiger partial charge in [-0.15, -0.1) is 11.3 Å². The zero-order valence-corrected chi connectivity index (χ0v) is 15.5. The molecule has 3 N–H and O–H groups in total. The normalized spacial score (nSPS) is 10.5. The Balaban J connectivity index is 1.76.